The van der Waals surface area contributed by atoms with E-state index in [4.69, 9.17) is 4.98 Å². The van der Waals surface area contributed by atoms with E-state index in [0.717, 1.165) is 43.4 Å². The molecule has 2 heterocycles. The SMILES string of the molecule is CCCN(CC1CCCN1)c1cc(C)nc(C(C)C)n1. The van der Waals surface area contributed by atoms with Crippen LogP contribution >= 0.6 is 0 Å². The average molecular weight is 276 g/mol. The number of nitrogens with one attached hydrogen (secondary N) is 1. The first kappa shape index (κ1) is 15.2. The number of aryl methyl sites for hydroxylation is 1. The zero-order valence-corrected chi connectivity index (χ0v) is 13.3. The van der Waals surface area contributed by atoms with E-state index in [2.05, 4.69) is 49.0 Å². The Balaban J connectivity index is 2.18. The van der Waals surface area contributed by atoms with Crippen LogP contribution in [0.5, 0.6) is 0 Å². The number of rotatable bonds is 6. The minimum atomic E-state index is 0.377. The quantitative estimate of drug-likeness (QED) is 0.867. The first-order valence-electron chi connectivity index (χ1n) is 7.94. The first-order valence-corrected chi connectivity index (χ1v) is 7.94. The van der Waals surface area contributed by atoms with E-state index in [0.29, 0.717) is 12.0 Å². The third-order valence-corrected chi connectivity index (χ3v) is 3.80. The molecule has 112 valence electrons. The number of nitrogens with zero attached hydrogens (tertiary/aromatic N) is 3. The highest BCUT2D eigenvalue weighted by atomic mass is 15.2. The molecule has 0 spiro atoms. The van der Waals surface area contributed by atoms with Gasteiger partial charge in [0.05, 0.1) is 0 Å². The Hall–Kier alpha value is -1.16. The fourth-order valence-electron chi connectivity index (χ4n) is 2.74. The smallest absolute Gasteiger partial charge is 0.133 e. The van der Waals surface area contributed by atoms with Gasteiger partial charge in [-0.25, -0.2) is 9.97 Å². The summed E-state index contributed by atoms with van der Waals surface area (Å²) in [5.74, 6) is 2.43. The van der Waals surface area contributed by atoms with Gasteiger partial charge in [0, 0.05) is 36.8 Å². The lowest BCUT2D eigenvalue weighted by molar-refractivity contribution is 0.573. The predicted molar refractivity (Wildman–Crippen MR) is 84.4 cm³/mol. The van der Waals surface area contributed by atoms with Crippen LogP contribution in [0.25, 0.3) is 0 Å². The first-order chi connectivity index (χ1) is 9.60. The van der Waals surface area contributed by atoms with Gasteiger partial charge in [0.2, 0.25) is 0 Å². The second-order valence-corrected chi connectivity index (χ2v) is 6.12. The molecular weight excluding hydrogens is 248 g/mol. The van der Waals surface area contributed by atoms with Crippen LogP contribution in [0.1, 0.15) is 57.5 Å². The maximum Gasteiger partial charge on any atom is 0.133 e. The Morgan fingerprint density at radius 2 is 2.20 bits per heavy atom. The van der Waals surface area contributed by atoms with E-state index in [1.807, 2.05) is 0 Å². The Labute approximate surface area is 123 Å². The van der Waals surface area contributed by atoms with Gasteiger partial charge in [-0.15, -0.1) is 0 Å². The van der Waals surface area contributed by atoms with E-state index in [1.165, 1.54) is 12.8 Å². The van der Waals surface area contributed by atoms with Crippen LogP contribution in [0.2, 0.25) is 0 Å². The summed E-state index contributed by atoms with van der Waals surface area (Å²) in [5.41, 5.74) is 1.07. The largest absolute Gasteiger partial charge is 0.355 e. The second kappa shape index (κ2) is 7.02. The Bertz CT molecular complexity index is 424. The molecule has 0 amide bonds. The van der Waals surface area contributed by atoms with Crippen molar-refractivity contribution in [3.8, 4) is 0 Å². The number of anilines is 1. The van der Waals surface area contributed by atoms with E-state index < -0.39 is 0 Å². The monoisotopic (exact) mass is 276 g/mol. The van der Waals surface area contributed by atoms with E-state index in [1.54, 1.807) is 0 Å². The van der Waals surface area contributed by atoms with Gasteiger partial charge < -0.3 is 10.2 Å². The summed E-state index contributed by atoms with van der Waals surface area (Å²) in [6, 6.07) is 2.73. The molecule has 1 aromatic rings. The summed E-state index contributed by atoms with van der Waals surface area (Å²) in [7, 11) is 0. The highest BCUT2D eigenvalue weighted by Gasteiger charge is 2.19. The van der Waals surface area contributed by atoms with Crippen LogP contribution in [0.15, 0.2) is 6.07 Å². The van der Waals surface area contributed by atoms with Crippen molar-refractivity contribution >= 4 is 5.82 Å². The highest BCUT2D eigenvalue weighted by Crippen LogP contribution is 2.19. The average Bonchev–Trinajstić information content (AvgIpc) is 2.90. The third kappa shape index (κ3) is 3.92. The number of aromatic nitrogens is 2. The summed E-state index contributed by atoms with van der Waals surface area (Å²) in [6.45, 7) is 11.9. The normalized spacial score (nSPS) is 18.8. The molecule has 1 unspecified atom stereocenters. The maximum absolute atomic E-state index is 4.78. The van der Waals surface area contributed by atoms with Gasteiger partial charge in [0.25, 0.3) is 0 Å². The van der Waals surface area contributed by atoms with Gasteiger partial charge in [-0.05, 0) is 32.7 Å². The molecule has 1 saturated heterocycles. The van der Waals surface area contributed by atoms with Crippen LogP contribution in [-0.4, -0.2) is 35.6 Å². The van der Waals surface area contributed by atoms with Gasteiger partial charge in [0.15, 0.2) is 0 Å². The summed E-state index contributed by atoms with van der Waals surface area (Å²) in [4.78, 5) is 11.8. The second-order valence-electron chi connectivity index (χ2n) is 6.12. The fourth-order valence-corrected chi connectivity index (χ4v) is 2.74. The standard InChI is InChI=1S/C16H28N4/c1-5-9-20(11-14-7-6-8-17-14)15-10-13(4)18-16(19-15)12(2)3/h10,12,14,17H,5-9,11H2,1-4H3. The summed E-state index contributed by atoms with van der Waals surface area (Å²) >= 11 is 0. The predicted octanol–water partition coefficient (Wildman–Crippen LogP) is 2.88. The van der Waals surface area contributed by atoms with Gasteiger partial charge >= 0.3 is 0 Å². The molecule has 0 bridgehead atoms. The fraction of sp³-hybridized carbons (Fsp3) is 0.750. The molecule has 1 aliphatic rings. The molecule has 20 heavy (non-hydrogen) atoms. The Morgan fingerprint density at radius 3 is 2.80 bits per heavy atom. The molecule has 0 saturated carbocycles. The van der Waals surface area contributed by atoms with Crippen LogP contribution in [0.4, 0.5) is 5.82 Å². The summed E-state index contributed by atoms with van der Waals surface area (Å²) in [5, 5.41) is 3.58. The summed E-state index contributed by atoms with van der Waals surface area (Å²) < 4.78 is 0. The molecule has 2 rings (SSSR count). The van der Waals surface area contributed by atoms with Crippen molar-refractivity contribution < 1.29 is 0 Å². The van der Waals surface area contributed by atoms with Crippen molar-refractivity contribution in [3.05, 3.63) is 17.6 Å². The topological polar surface area (TPSA) is 41.0 Å². The van der Waals surface area contributed by atoms with Crippen molar-refractivity contribution in [2.75, 3.05) is 24.5 Å². The lowest BCUT2D eigenvalue weighted by atomic mass is 10.2. The van der Waals surface area contributed by atoms with E-state index in [-0.39, 0.29) is 0 Å². The summed E-state index contributed by atoms with van der Waals surface area (Å²) in [6.07, 6.45) is 3.72. The van der Waals surface area contributed by atoms with Crippen molar-refractivity contribution in [1.82, 2.24) is 15.3 Å². The number of hydrogen-bond acceptors (Lipinski definition) is 4. The van der Waals surface area contributed by atoms with Gasteiger partial charge in [-0.1, -0.05) is 20.8 Å². The zero-order chi connectivity index (χ0) is 14.5. The Kier molecular flexibility index (Phi) is 5.35. The Morgan fingerprint density at radius 1 is 1.40 bits per heavy atom. The van der Waals surface area contributed by atoms with Crippen molar-refractivity contribution in [3.63, 3.8) is 0 Å². The molecule has 0 radical (unpaired) electrons. The van der Waals surface area contributed by atoms with Gasteiger partial charge in [-0.3, -0.25) is 0 Å². The molecule has 4 heteroatoms. The van der Waals surface area contributed by atoms with Crippen LogP contribution in [-0.2, 0) is 0 Å². The minimum absolute atomic E-state index is 0.377. The molecule has 0 aliphatic carbocycles. The van der Waals surface area contributed by atoms with Crippen LogP contribution in [0, 0.1) is 6.92 Å². The van der Waals surface area contributed by atoms with Crippen LogP contribution < -0.4 is 10.2 Å². The minimum Gasteiger partial charge on any atom is -0.355 e. The molecular formula is C16H28N4. The maximum atomic E-state index is 4.78. The van der Waals surface area contributed by atoms with Crippen molar-refractivity contribution in [2.24, 2.45) is 0 Å². The van der Waals surface area contributed by atoms with E-state index in [9.17, 15) is 0 Å². The molecule has 1 aliphatic heterocycles. The number of hydrogen-bond donors (Lipinski definition) is 1. The molecule has 0 aromatic carbocycles. The lowest BCUT2D eigenvalue weighted by Crippen LogP contribution is -2.38. The highest BCUT2D eigenvalue weighted by molar-refractivity contribution is 5.40. The van der Waals surface area contributed by atoms with Crippen LogP contribution in [0.3, 0.4) is 0 Å². The van der Waals surface area contributed by atoms with Gasteiger partial charge in [0.1, 0.15) is 11.6 Å². The van der Waals surface area contributed by atoms with E-state index >= 15 is 0 Å². The lowest BCUT2D eigenvalue weighted by Gasteiger charge is -2.27. The molecule has 4 nitrogen and oxygen atoms in total. The third-order valence-electron chi connectivity index (χ3n) is 3.80. The van der Waals surface area contributed by atoms with Crippen molar-refractivity contribution in [1.29, 1.82) is 0 Å². The van der Waals surface area contributed by atoms with Gasteiger partial charge in [-0.2, -0.15) is 0 Å². The molecule has 1 aromatic heterocycles. The van der Waals surface area contributed by atoms with Crippen molar-refractivity contribution in [2.45, 2.75) is 58.9 Å². The zero-order valence-electron chi connectivity index (χ0n) is 13.3. The molecule has 1 N–H and O–H groups in total. The molecule has 1 fully saturated rings. The molecule has 1 atom stereocenters.